The van der Waals surface area contributed by atoms with Gasteiger partial charge in [-0.25, -0.2) is 0 Å². The molecule has 0 aromatic heterocycles. The van der Waals surface area contributed by atoms with Crippen LogP contribution in [-0.2, 0) is 0 Å². The molecule has 1 nitrogen and oxygen atoms in total. The lowest BCUT2D eigenvalue weighted by Gasteiger charge is -2.61. The summed E-state index contributed by atoms with van der Waals surface area (Å²) in [4.78, 5) is 0. The van der Waals surface area contributed by atoms with Crippen molar-refractivity contribution in [3.8, 4) is 0 Å². The molecular formula is C28H48O. The first-order chi connectivity index (χ1) is 13.7. The van der Waals surface area contributed by atoms with Crippen LogP contribution >= 0.6 is 0 Å². The lowest BCUT2D eigenvalue weighted by atomic mass is 9.43. The zero-order valence-electron chi connectivity index (χ0n) is 20.1. The Morgan fingerprint density at radius 2 is 1.55 bits per heavy atom. The van der Waals surface area contributed by atoms with Crippen molar-refractivity contribution in [3.05, 3.63) is 0 Å². The van der Waals surface area contributed by atoms with Crippen LogP contribution in [0.1, 0.15) is 112 Å². The summed E-state index contributed by atoms with van der Waals surface area (Å²) >= 11 is 0. The monoisotopic (exact) mass is 400 g/mol. The minimum atomic E-state index is -0.00395. The quantitative estimate of drug-likeness (QED) is 0.507. The van der Waals surface area contributed by atoms with Crippen molar-refractivity contribution in [2.75, 3.05) is 0 Å². The second-order valence-electron chi connectivity index (χ2n) is 13.5. The van der Waals surface area contributed by atoms with Crippen molar-refractivity contribution >= 4 is 0 Å². The van der Waals surface area contributed by atoms with Gasteiger partial charge < -0.3 is 5.11 Å². The molecule has 5 fully saturated rings. The Hall–Kier alpha value is -0.0400. The van der Waals surface area contributed by atoms with Gasteiger partial charge in [0.15, 0.2) is 0 Å². The van der Waals surface area contributed by atoms with E-state index in [0.29, 0.717) is 16.2 Å². The molecule has 0 radical (unpaired) electrons. The standard InChI is InChI=1S/C28H48O/c1-18(2)7-6-8-19(3)23-9-10-24-27(23,5)14-12-25-26(4)13-11-22(29)16-20(26)15-21-17-28(21,24)25/h18-25,29H,6-17H2,1-5H3. The van der Waals surface area contributed by atoms with Crippen LogP contribution in [0.15, 0.2) is 0 Å². The molecule has 29 heavy (non-hydrogen) atoms. The van der Waals surface area contributed by atoms with Crippen molar-refractivity contribution in [1.82, 2.24) is 0 Å². The maximum Gasteiger partial charge on any atom is 0.0543 e. The van der Waals surface area contributed by atoms with Gasteiger partial charge in [0, 0.05) is 0 Å². The Morgan fingerprint density at radius 3 is 2.31 bits per heavy atom. The van der Waals surface area contributed by atoms with Gasteiger partial charge in [0.1, 0.15) is 0 Å². The van der Waals surface area contributed by atoms with Crippen LogP contribution in [0.2, 0.25) is 0 Å². The smallest absolute Gasteiger partial charge is 0.0543 e. The van der Waals surface area contributed by atoms with E-state index in [1.165, 1.54) is 57.8 Å². The Labute approximate surface area is 180 Å². The molecule has 10 atom stereocenters. The van der Waals surface area contributed by atoms with Gasteiger partial charge >= 0.3 is 0 Å². The second kappa shape index (κ2) is 6.98. The van der Waals surface area contributed by atoms with E-state index in [2.05, 4.69) is 34.6 Å². The topological polar surface area (TPSA) is 20.2 Å². The number of aliphatic hydroxyl groups is 1. The van der Waals surface area contributed by atoms with E-state index in [0.717, 1.165) is 54.3 Å². The van der Waals surface area contributed by atoms with Crippen molar-refractivity contribution < 1.29 is 5.11 Å². The molecule has 10 unspecified atom stereocenters. The molecule has 166 valence electrons. The zero-order valence-corrected chi connectivity index (χ0v) is 20.1. The Kier molecular flexibility index (Phi) is 5.02. The molecule has 0 heterocycles. The number of rotatable bonds is 5. The van der Waals surface area contributed by atoms with E-state index in [-0.39, 0.29) is 6.10 Å². The highest BCUT2D eigenvalue weighted by atomic mass is 16.3. The molecule has 1 N–H and O–H groups in total. The molecule has 0 aliphatic heterocycles. The van der Waals surface area contributed by atoms with E-state index < -0.39 is 0 Å². The number of fused-ring (bicyclic) bond motifs is 3. The summed E-state index contributed by atoms with van der Waals surface area (Å²) in [5.41, 5.74) is 1.88. The third-order valence-electron chi connectivity index (χ3n) is 11.9. The van der Waals surface area contributed by atoms with Gasteiger partial charge in [-0.05, 0) is 115 Å². The summed E-state index contributed by atoms with van der Waals surface area (Å²) in [7, 11) is 0. The maximum absolute atomic E-state index is 10.3. The van der Waals surface area contributed by atoms with Gasteiger partial charge in [0.25, 0.3) is 0 Å². The molecule has 0 saturated heterocycles. The Balaban J connectivity index is 1.35. The molecule has 0 amide bonds. The third kappa shape index (κ3) is 2.95. The first kappa shape index (κ1) is 20.8. The minimum absolute atomic E-state index is 0.00395. The van der Waals surface area contributed by atoms with Crippen LogP contribution in [0.25, 0.3) is 0 Å². The lowest BCUT2D eigenvalue weighted by Crippen LogP contribution is -2.55. The van der Waals surface area contributed by atoms with Gasteiger partial charge in [0.05, 0.1) is 6.10 Å². The van der Waals surface area contributed by atoms with Gasteiger partial charge in [-0.15, -0.1) is 0 Å². The van der Waals surface area contributed by atoms with E-state index in [1.807, 2.05) is 0 Å². The number of hydrogen-bond donors (Lipinski definition) is 1. The van der Waals surface area contributed by atoms with Crippen LogP contribution in [0.4, 0.5) is 0 Å². The SMILES string of the molecule is CC(C)CCCC(C)C1CCC2C1(C)CCC1C3(C)CCC(O)CC3CC3CC312. The van der Waals surface area contributed by atoms with Crippen LogP contribution in [0, 0.1) is 57.7 Å². The van der Waals surface area contributed by atoms with E-state index in [9.17, 15) is 5.11 Å². The average molecular weight is 401 g/mol. The third-order valence-corrected chi connectivity index (χ3v) is 11.9. The molecule has 5 rings (SSSR count). The van der Waals surface area contributed by atoms with Crippen molar-refractivity contribution in [3.63, 3.8) is 0 Å². The van der Waals surface area contributed by atoms with Gasteiger partial charge in [-0.3, -0.25) is 0 Å². The fourth-order valence-corrected chi connectivity index (χ4v) is 10.5. The minimum Gasteiger partial charge on any atom is -0.393 e. The van der Waals surface area contributed by atoms with Crippen molar-refractivity contribution in [2.45, 2.75) is 118 Å². The molecule has 0 bridgehead atoms. The predicted molar refractivity (Wildman–Crippen MR) is 122 cm³/mol. The number of aliphatic hydroxyl groups excluding tert-OH is 1. The van der Waals surface area contributed by atoms with E-state index in [4.69, 9.17) is 0 Å². The Bertz CT molecular complexity index is 626. The molecule has 5 aliphatic rings. The summed E-state index contributed by atoms with van der Waals surface area (Å²) in [6.45, 7) is 12.8. The first-order valence-electron chi connectivity index (χ1n) is 13.4. The fraction of sp³-hybridized carbons (Fsp3) is 1.00. The normalized spacial score (nSPS) is 54.3. The molecule has 0 aromatic rings. The molecule has 5 aliphatic carbocycles. The molecule has 1 heteroatoms. The van der Waals surface area contributed by atoms with Crippen LogP contribution in [0.3, 0.4) is 0 Å². The van der Waals surface area contributed by atoms with Crippen molar-refractivity contribution in [1.29, 1.82) is 0 Å². The van der Waals surface area contributed by atoms with Gasteiger partial charge in [-0.2, -0.15) is 0 Å². The van der Waals surface area contributed by atoms with Gasteiger partial charge in [-0.1, -0.05) is 53.9 Å². The predicted octanol–water partition coefficient (Wildman–Crippen LogP) is 7.47. The maximum atomic E-state index is 10.3. The molecule has 1 spiro atoms. The fourth-order valence-electron chi connectivity index (χ4n) is 10.5. The lowest BCUT2D eigenvalue weighted by molar-refractivity contribution is -0.139. The van der Waals surface area contributed by atoms with E-state index in [1.54, 1.807) is 6.42 Å². The van der Waals surface area contributed by atoms with Gasteiger partial charge in [0.2, 0.25) is 0 Å². The highest BCUT2D eigenvalue weighted by Crippen LogP contribution is 2.83. The largest absolute Gasteiger partial charge is 0.393 e. The summed E-state index contributed by atoms with van der Waals surface area (Å²) in [6, 6.07) is 0. The number of hydrogen-bond acceptors (Lipinski definition) is 1. The van der Waals surface area contributed by atoms with Crippen LogP contribution in [-0.4, -0.2) is 11.2 Å². The average Bonchev–Trinajstić information content (AvgIpc) is 3.22. The highest BCUT2D eigenvalue weighted by molar-refractivity contribution is 5.24. The Morgan fingerprint density at radius 1 is 0.828 bits per heavy atom. The summed E-state index contributed by atoms with van der Waals surface area (Å²) in [6.07, 6.45) is 16.8. The van der Waals surface area contributed by atoms with Crippen LogP contribution < -0.4 is 0 Å². The summed E-state index contributed by atoms with van der Waals surface area (Å²) < 4.78 is 0. The van der Waals surface area contributed by atoms with Crippen LogP contribution in [0.5, 0.6) is 0 Å². The summed E-state index contributed by atoms with van der Waals surface area (Å²) in [5.74, 6) is 6.57. The summed E-state index contributed by atoms with van der Waals surface area (Å²) in [5, 5.41) is 10.3. The molecule has 5 saturated carbocycles. The zero-order chi connectivity index (χ0) is 20.6. The highest BCUT2D eigenvalue weighted by Gasteiger charge is 2.76. The molecular weight excluding hydrogens is 352 g/mol. The van der Waals surface area contributed by atoms with Crippen molar-refractivity contribution in [2.24, 2.45) is 57.7 Å². The first-order valence-corrected chi connectivity index (χ1v) is 13.4. The van der Waals surface area contributed by atoms with E-state index >= 15 is 0 Å². The second-order valence-corrected chi connectivity index (χ2v) is 13.5. The molecule has 0 aromatic carbocycles.